The molecule has 0 saturated heterocycles. The number of unbranched alkanes of at least 4 members (excludes halogenated alkanes) is 10. The molecule has 0 unspecified atom stereocenters. The average molecular weight is 300 g/mol. The molecule has 0 amide bonds. The Labute approximate surface area is 108 Å². The molecule has 2 heteroatoms. The third-order valence-corrected chi connectivity index (χ3v) is 2.63. The van der Waals surface area contributed by atoms with Gasteiger partial charge in [-0.1, -0.05) is 64.7 Å². The second-order valence-corrected chi connectivity index (χ2v) is 4.08. The first-order valence-corrected chi connectivity index (χ1v) is 6.26. The Balaban J connectivity index is 0. The van der Waals surface area contributed by atoms with Gasteiger partial charge in [0.2, 0.25) is 0 Å². The molecule has 2 radical (unpaired) electrons. The van der Waals surface area contributed by atoms with Gasteiger partial charge in [-0.2, -0.15) is 0 Å². The third-order valence-electron chi connectivity index (χ3n) is 2.63. The van der Waals surface area contributed by atoms with E-state index in [4.69, 9.17) is 0 Å². The molecule has 0 aliphatic heterocycles. The summed E-state index contributed by atoms with van der Waals surface area (Å²) in [6.07, 6.45) is 15.8. The van der Waals surface area contributed by atoms with E-state index in [1.54, 1.807) is 0 Å². The minimum Gasteiger partial charge on any atom is -0.291 e. The zero-order valence-electron chi connectivity index (χ0n) is 10.0. The van der Waals surface area contributed by atoms with Crippen LogP contribution in [0.3, 0.4) is 0 Å². The molecule has 0 heterocycles. The summed E-state index contributed by atoms with van der Waals surface area (Å²) in [5.41, 5.74) is 0. The smallest absolute Gasteiger partial charge is 0.198 e. The van der Waals surface area contributed by atoms with Gasteiger partial charge < -0.3 is 0 Å². The maximum absolute atomic E-state index is 9.92. The van der Waals surface area contributed by atoms with Crippen molar-refractivity contribution in [1.29, 1.82) is 0 Å². The van der Waals surface area contributed by atoms with Crippen molar-refractivity contribution in [3.05, 3.63) is 0 Å². The topological polar surface area (TPSA) is 17.1 Å². The molecular weight excluding hydrogens is 275 g/mol. The molecule has 0 bridgehead atoms. The van der Waals surface area contributed by atoms with Crippen LogP contribution in [0.5, 0.6) is 0 Å². The average Bonchev–Trinajstić information content (AvgIpc) is 2.21. The van der Waals surface area contributed by atoms with E-state index < -0.39 is 0 Å². The Bertz CT molecular complexity index is 115. The van der Waals surface area contributed by atoms with Crippen LogP contribution in [0.2, 0.25) is 0 Å². The maximum atomic E-state index is 9.92. The Kier molecular flexibility index (Phi) is 19.7. The Morgan fingerprint density at radius 1 is 0.733 bits per heavy atom. The molecule has 0 aromatic heterocycles. The molecule has 0 aliphatic carbocycles. The van der Waals surface area contributed by atoms with E-state index >= 15 is 0 Å². The van der Waals surface area contributed by atoms with Crippen molar-refractivity contribution in [2.24, 2.45) is 0 Å². The molecule has 0 saturated carbocycles. The predicted octanol–water partition coefficient (Wildman–Crippen LogP) is 4.40. The quantitative estimate of drug-likeness (QED) is 0.408. The summed E-state index contributed by atoms with van der Waals surface area (Å²) in [5, 5.41) is 0. The Morgan fingerprint density at radius 2 is 1.13 bits per heavy atom. The van der Waals surface area contributed by atoms with E-state index in [0.717, 1.165) is 6.42 Å². The van der Waals surface area contributed by atoms with E-state index in [1.807, 2.05) is 6.29 Å². The van der Waals surface area contributed by atoms with Gasteiger partial charge in [0.1, 0.15) is 0 Å². The van der Waals surface area contributed by atoms with Gasteiger partial charge in [0.05, 0.1) is 0 Å². The molecule has 0 fully saturated rings. The van der Waals surface area contributed by atoms with Gasteiger partial charge in [-0.05, 0) is 6.42 Å². The monoisotopic (exact) mass is 300 g/mol. The van der Waals surface area contributed by atoms with E-state index in [2.05, 4.69) is 6.92 Å². The number of carbonyl (C=O) groups excluding carboxylic acids is 1. The zero-order chi connectivity index (χ0) is 10.5. The molecule has 1 nitrogen and oxygen atoms in total. The van der Waals surface area contributed by atoms with Gasteiger partial charge in [-0.25, -0.2) is 0 Å². The van der Waals surface area contributed by atoms with Crippen LogP contribution >= 0.6 is 0 Å². The van der Waals surface area contributed by atoms with Gasteiger partial charge in [-0.15, -0.1) is 0 Å². The standard InChI is InChI=1S/C13H25O.Rh/c1-2-3-4-5-6-7-8-9-10-11-12-13-14;/h2-12H2,1H3;. The van der Waals surface area contributed by atoms with Gasteiger partial charge in [0, 0.05) is 25.9 Å². The molecule has 0 aromatic carbocycles. The summed E-state index contributed by atoms with van der Waals surface area (Å²) >= 11 is 0. The van der Waals surface area contributed by atoms with Gasteiger partial charge in [-0.3, -0.25) is 4.79 Å². The van der Waals surface area contributed by atoms with E-state index in [0.29, 0.717) is 6.42 Å². The summed E-state index contributed by atoms with van der Waals surface area (Å²) in [5.74, 6) is 0. The summed E-state index contributed by atoms with van der Waals surface area (Å²) in [7, 11) is 0. The van der Waals surface area contributed by atoms with Gasteiger partial charge >= 0.3 is 0 Å². The molecule has 0 aromatic rings. The van der Waals surface area contributed by atoms with Crippen molar-refractivity contribution in [3.63, 3.8) is 0 Å². The summed E-state index contributed by atoms with van der Waals surface area (Å²) < 4.78 is 0. The first kappa shape index (κ1) is 17.7. The minimum atomic E-state index is 0. The molecule has 15 heavy (non-hydrogen) atoms. The second kappa shape index (κ2) is 16.7. The molecular formula is C13H25ORh. The summed E-state index contributed by atoms with van der Waals surface area (Å²) in [6.45, 7) is 2.25. The van der Waals surface area contributed by atoms with Crippen molar-refractivity contribution in [2.45, 2.75) is 77.6 Å². The first-order valence-electron chi connectivity index (χ1n) is 6.26. The zero-order valence-corrected chi connectivity index (χ0v) is 11.7. The number of rotatable bonds is 11. The van der Waals surface area contributed by atoms with Crippen LogP contribution in [-0.4, -0.2) is 6.29 Å². The van der Waals surface area contributed by atoms with E-state index in [1.165, 1.54) is 57.8 Å². The Hall–Kier alpha value is 0.293. The van der Waals surface area contributed by atoms with Crippen molar-refractivity contribution >= 4 is 6.29 Å². The normalized spacial score (nSPS) is 9.67. The molecule has 0 spiro atoms. The second-order valence-electron chi connectivity index (χ2n) is 4.08. The number of hydrogen-bond donors (Lipinski definition) is 0. The van der Waals surface area contributed by atoms with Gasteiger partial charge in [0.15, 0.2) is 6.29 Å². The van der Waals surface area contributed by atoms with E-state index in [9.17, 15) is 4.79 Å². The van der Waals surface area contributed by atoms with Crippen molar-refractivity contribution in [2.75, 3.05) is 0 Å². The van der Waals surface area contributed by atoms with Crippen LogP contribution in [0.1, 0.15) is 77.6 Å². The first-order chi connectivity index (χ1) is 6.91. The SMILES string of the molecule is CCCCCCCCCCCC[C]=O.[Rh]. The number of hydrogen-bond acceptors (Lipinski definition) is 1. The Morgan fingerprint density at radius 3 is 1.53 bits per heavy atom. The van der Waals surface area contributed by atoms with Crippen molar-refractivity contribution in [1.82, 2.24) is 0 Å². The fraction of sp³-hybridized carbons (Fsp3) is 0.923. The molecule has 92 valence electrons. The minimum absolute atomic E-state index is 0. The largest absolute Gasteiger partial charge is 0.291 e. The van der Waals surface area contributed by atoms with Crippen LogP contribution in [0.25, 0.3) is 0 Å². The van der Waals surface area contributed by atoms with Crippen molar-refractivity contribution in [3.8, 4) is 0 Å². The van der Waals surface area contributed by atoms with Crippen LogP contribution in [0, 0.1) is 0 Å². The van der Waals surface area contributed by atoms with Crippen LogP contribution in [0.15, 0.2) is 0 Å². The van der Waals surface area contributed by atoms with E-state index in [-0.39, 0.29) is 19.5 Å². The molecule has 0 atom stereocenters. The van der Waals surface area contributed by atoms with Crippen LogP contribution in [-0.2, 0) is 24.3 Å². The predicted molar refractivity (Wildman–Crippen MR) is 62.2 cm³/mol. The van der Waals surface area contributed by atoms with Crippen LogP contribution in [0.4, 0.5) is 0 Å². The third kappa shape index (κ3) is 16.9. The molecule has 0 N–H and O–H groups in total. The summed E-state index contributed by atoms with van der Waals surface area (Å²) in [4.78, 5) is 9.92. The van der Waals surface area contributed by atoms with Gasteiger partial charge in [0.25, 0.3) is 0 Å². The van der Waals surface area contributed by atoms with Crippen LogP contribution < -0.4 is 0 Å². The maximum Gasteiger partial charge on any atom is 0.198 e. The summed E-state index contributed by atoms with van der Waals surface area (Å²) in [6, 6.07) is 0. The molecule has 0 aliphatic rings. The fourth-order valence-electron chi connectivity index (χ4n) is 1.68. The molecule has 0 rings (SSSR count). The van der Waals surface area contributed by atoms with Crippen molar-refractivity contribution < 1.29 is 24.3 Å². The fourth-order valence-corrected chi connectivity index (χ4v) is 1.68.